The zero-order chi connectivity index (χ0) is 18.4. The minimum absolute atomic E-state index is 0.313. The lowest BCUT2D eigenvalue weighted by molar-refractivity contribution is -0.166. The maximum Gasteiger partial charge on any atom is 0.313 e. The lowest BCUT2D eigenvalue weighted by Gasteiger charge is -2.36. The van der Waals surface area contributed by atoms with E-state index >= 15 is 0 Å². The number of esters is 1. The van der Waals surface area contributed by atoms with Gasteiger partial charge < -0.3 is 15.6 Å². The van der Waals surface area contributed by atoms with Gasteiger partial charge in [-0.05, 0) is 63.9 Å². The second-order valence-corrected chi connectivity index (χ2v) is 11.3. The van der Waals surface area contributed by atoms with Crippen LogP contribution in [0.15, 0.2) is 0 Å². The van der Waals surface area contributed by atoms with Crippen LogP contribution < -0.4 is 5.73 Å². The highest BCUT2D eigenvalue weighted by molar-refractivity contribution is 8.17. The average molecular weight is 390 g/mol. The minimum atomic E-state index is -0.727. The third-order valence-corrected chi connectivity index (χ3v) is 8.03. The highest BCUT2D eigenvalue weighted by atomic mass is 32.2. The molecule has 0 radical (unpaired) electrons. The van der Waals surface area contributed by atoms with Gasteiger partial charge in [0.2, 0.25) is 0 Å². The van der Waals surface area contributed by atoms with Crippen LogP contribution in [-0.4, -0.2) is 44.9 Å². The highest BCUT2D eigenvalue weighted by Crippen LogP contribution is 2.37. The van der Waals surface area contributed by atoms with Crippen molar-refractivity contribution >= 4 is 29.5 Å². The summed E-state index contributed by atoms with van der Waals surface area (Å²) in [5.74, 6) is 1.63. The number of carbonyl (C=O) groups excluding carboxylic acids is 1. The van der Waals surface area contributed by atoms with Crippen molar-refractivity contribution in [3.8, 4) is 0 Å². The first-order valence-corrected chi connectivity index (χ1v) is 11.8. The Balaban J connectivity index is 2.07. The Bertz CT molecular complexity index is 415. The molecule has 0 aromatic rings. The SMILES string of the molecule is CC(C)(C)OC(=O)C(C(O)CC1SCCCS1)C(N)C1CCCCC1. The summed E-state index contributed by atoms with van der Waals surface area (Å²) < 4.78 is 5.98. The largest absolute Gasteiger partial charge is 0.460 e. The first kappa shape index (κ1) is 21.4. The predicted molar refractivity (Wildman–Crippen MR) is 108 cm³/mol. The van der Waals surface area contributed by atoms with Crippen LogP contribution in [0, 0.1) is 11.8 Å². The average Bonchev–Trinajstić information content (AvgIpc) is 2.55. The standard InChI is InChI=1S/C19H35NO3S2/c1-19(2,3)23-18(22)16(17(20)13-8-5-4-6-9-13)14(21)12-15-24-10-7-11-25-15/h13-17,21H,4-12,20H2,1-3H3. The molecule has 0 spiro atoms. The number of hydrogen-bond donors (Lipinski definition) is 2. The van der Waals surface area contributed by atoms with E-state index in [1.54, 1.807) is 0 Å². The summed E-state index contributed by atoms with van der Waals surface area (Å²) in [6, 6.07) is -0.316. The van der Waals surface area contributed by atoms with E-state index in [9.17, 15) is 9.90 Å². The number of hydrogen-bond acceptors (Lipinski definition) is 6. The summed E-state index contributed by atoms with van der Waals surface area (Å²) >= 11 is 3.78. The molecule has 25 heavy (non-hydrogen) atoms. The molecule has 1 saturated carbocycles. The van der Waals surface area contributed by atoms with E-state index in [4.69, 9.17) is 10.5 Å². The fourth-order valence-corrected chi connectivity index (χ4v) is 6.73. The number of rotatable bonds is 6. The van der Waals surface area contributed by atoms with E-state index in [-0.39, 0.29) is 12.0 Å². The molecule has 3 unspecified atom stereocenters. The van der Waals surface area contributed by atoms with Crippen LogP contribution in [-0.2, 0) is 9.53 Å². The fraction of sp³-hybridized carbons (Fsp3) is 0.947. The second-order valence-electron chi connectivity index (χ2n) is 8.36. The summed E-state index contributed by atoms with van der Waals surface area (Å²) in [6.07, 6.45) is 6.81. The molecule has 2 fully saturated rings. The smallest absolute Gasteiger partial charge is 0.313 e. The molecule has 3 N–H and O–H groups in total. The maximum atomic E-state index is 12.9. The second kappa shape index (κ2) is 9.86. The lowest BCUT2D eigenvalue weighted by atomic mass is 9.77. The number of thioether (sulfide) groups is 2. The van der Waals surface area contributed by atoms with Crippen LogP contribution >= 0.6 is 23.5 Å². The molecular formula is C19H35NO3S2. The zero-order valence-corrected chi connectivity index (χ0v) is 17.5. The number of carbonyl (C=O) groups is 1. The van der Waals surface area contributed by atoms with Gasteiger partial charge in [0.15, 0.2) is 0 Å². The molecule has 0 aromatic heterocycles. The molecule has 0 amide bonds. The summed E-state index contributed by atoms with van der Waals surface area (Å²) in [5.41, 5.74) is 5.98. The van der Waals surface area contributed by atoms with E-state index in [1.807, 2.05) is 44.3 Å². The monoisotopic (exact) mass is 389 g/mol. The quantitative estimate of drug-likeness (QED) is 0.673. The number of nitrogens with two attached hydrogens (primary N) is 1. The normalized spacial score (nSPS) is 24.5. The van der Waals surface area contributed by atoms with Crippen molar-refractivity contribution < 1.29 is 14.6 Å². The zero-order valence-electron chi connectivity index (χ0n) is 15.9. The molecule has 146 valence electrons. The molecule has 1 heterocycles. The Morgan fingerprint density at radius 2 is 1.76 bits per heavy atom. The van der Waals surface area contributed by atoms with Crippen LogP contribution in [0.25, 0.3) is 0 Å². The van der Waals surface area contributed by atoms with Crippen molar-refractivity contribution in [2.24, 2.45) is 17.6 Å². The van der Waals surface area contributed by atoms with Crippen molar-refractivity contribution in [3.63, 3.8) is 0 Å². The topological polar surface area (TPSA) is 72.5 Å². The third kappa shape index (κ3) is 6.96. The molecule has 1 aliphatic carbocycles. The van der Waals surface area contributed by atoms with E-state index in [2.05, 4.69) is 0 Å². The predicted octanol–water partition coefficient (Wildman–Crippen LogP) is 3.80. The van der Waals surface area contributed by atoms with E-state index in [1.165, 1.54) is 25.7 Å². The number of aliphatic hydroxyl groups is 1. The molecule has 1 saturated heterocycles. The van der Waals surface area contributed by atoms with Crippen molar-refractivity contribution in [3.05, 3.63) is 0 Å². The van der Waals surface area contributed by atoms with Gasteiger partial charge in [-0.1, -0.05) is 19.3 Å². The summed E-state index contributed by atoms with van der Waals surface area (Å²) in [7, 11) is 0. The Labute approximate surface area is 161 Å². The van der Waals surface area contributed by atoms with Crippen LogP contribution in [0.5, 0.6) is 0 Å². The molecule has 3 atom stereocenters. The number of aliphatic hydroxyl groups excluding tert-OH is 1. The van der Waals surface area contributed by atoms with Crippen molar-refractivity contribution in [2.45, 2.75) is 88.0 Å². The molecule has 0 bridgehead atoms. The summed E-state index contributed by atoms with van der Waals surface area (Å²) in [4.78, 5) is 12.9. The molecular weight excluding hydrogens is 354 g/mol. The van der Waals surface area contributed by atoms with Gasteiger partial charge in [-0.25, -0.2) is 0 Å². The third-order valence-electron chi connectivity index (χ3n) is 5.03. The van der Waals surface area contributed by atoms with Crippen LogP contribution in [0.2, 0.25) is 0 Å². The maximum absolute atomic E-state index is 12.9. The Morgan fingerprint density at radius 1 is 1.16 bits per heavy atom. The van der Waals surface area contributed by atoms with Gasteiger partial charge >= 0.3 is 5.97 Å². The van der Waals surface area contributed by atoms with Gasteiger partial charge in [-0.3, -0.25) is 4.79 Å². The van der Waals surface area contributed by atoms with E-state index in [0.717, 1.165) is 24.3 Å². The van der Waals surface area contributed by atoms with Crippen molar-refractivity contribution in [2.75, 3.05) is 11.5 Å². The molecule has 6 heteroatoms. The van der Waals surface area contributed by atoms with E-state index in [0.29, 0.717) is 16.9 Å². The molecule has 2 aliphatic rings. The Hall–Kier alpha value is 0.0900. The van der Waals surface area contributed by atoms with Crippen molar-refractivity contribution in [1.29, 1.82) is 0 Å². The van der Waals surface area contributed by atoms with E-state index < -0.39 is 17.6 Å². The number of ether oxygens (including phenoxy) is 1. The molecule has 0 aromatic carbocycles. The molecule has 4 nitrogen and oxygen atoms in total. The Morgan fingerprint density at radius 3 is 2.32 bits per heavy atom. The van der Waals surface area contributed by atoms with Gasteiger partial charge in [0.05, 0.1) is 16.6 Å². The lowest BCUT2D eigenvalue weighted by Crippen LogP contribution is -2.50. The van der Waals surface area contributed by atoms with Gasteiger partial charge in [0, 0.05) is 6.04 Å². The summed E-state index contributed by atoms with van der Waals surface area (Å²) in [6.45, 7) is 5.61. The van der Waals surface area contributed by atoms with Crippen LogP contribution in [0.4, 0.5) is 0 Å². The first-order chi connectivity index (χ1) is 11.8. The van der Waals surface area contributed by atoms with Gasteiger partial charge in [-0.2, -0.15) is 0 Å². The van der Waals surface area contributed by atoms with Crippen molar-refractivity contribution in [1.82, 2.24) is 0 Å². The Kier molecular flexibility index (Phi) is 8.44. The van der Waals surface area contributed by atoms with Gasteiger partial charge in [-0.15, -0.1) is 23.5 Å². The molecule has 1 aliphatic heterocycles. The summed E-state index contributed by atoms with van der Waals surface area (Å²) in [5, 5.41) is 10.9. The van der Waals surface area contributed by atoms with Gasteiger partial charge in [0.1, 0.15) is 5.60 Å². The minimum Gasteiger partial charge on any atom is -0.460 e. The van der Waals surface area contributed by atoms with Crippen LogP contribution in [0.3, 0.4) is 0 Å². The highest BCUT2D eigenvalue weighted by Gasteiger charge is 2.40. The fourth-order valence-electron chi connectivity index (χ4n) is 3.77. The molecule has 2 rings (SSSR count). The van der Waals surface area contributed by atoms with Gasteiger partial charge in [0.25, 0.3) is 0 Å². The van der Waals surface area contributed by atoms with Crippen LogP contribution in [0.1, 0.15) is 65.7 Å². The first-order valence-electron chi connectivity index (χ1n) is 9.67.